The fraction of sp³-hybridized carbons (Fsp3) is 0.118. The van der Waals surface area contributed by atoms with Gasteiger partial charge >= 0.3 is 0 Å². The lowest BCUT2D eigenvalue weighted by Crippen LogP contribution is -2.37. The Bertz CT molecular complexity index is 1020. The van der Waals surface area contributed by atoms with E-state index in [4.69, 9.17) is 40.2 Å². The number of halogens is 2. The zero-order chi connectivity index (χ0) is 19.1. The van der Waals surface area contributed by atoms with Gasteiger partial charge in [0, 0.05) is 0 Å². The van der Waals surface area contributed by atoms with Gasteiger partial charge in [-0.2, -0.15) is 0 Å². The number of hydrogen-bond acceptors (Lipinski definition) is 6. The zero-order valence-electron chi connectivity index (χ0n) is 13.5. The third-order valence-electron chi connectivity index (χ3n) is 3.92. The van der Waals surface area contributed by atoms with Gasteiger partial charge < -0.3 is 15.0 Å². The number of amides is 2. The molecule has 138 valence electrons. The van der Waals surface area contributed by atoms with Crippen LogP contribution in [0.1, 0.15) is 15.9 Å². The van der Waals surface area contributed by atoms with Gasteiger partial charge in [-0.25, -0.2) is 0 Å². The van der Waals surface area contributed by atoms with Crippen molar-refractivity contribution in [3.05, 3.63) is 49.0 Å². The summed E-state index contributed by atoms with van der Waals surface area (Å²) >= 11 is 19.5. The Morgan fingerprint density at radius 3 is 2.81 bits per heavy atom. The van der Waals surface area contributed by atoms with E-state index >= 15 is 0 Å². The van der Waals surface area contributed by atoms with E-state index in [-0.39, 0.29) is 11.8 Å². The van der Waals surface area contributed by atoms with Crippen molar-refractivity contribution < 1.29 is 14.3 Å². The monoisotopic (exact) mass is 456 g/mol. The summed E-state index contributed by atoms with van der Waals surface area (Å²) < 4.78 is 6.89. The normalized spacial score (nSPS) is 17.7. The fourth-order valence-electron chi connectivity index (χ4n) is 2.74. The second kappa shape index (κ2) is 7.44. The molecule has 0 spiro atoms. The number of thioether (sulfide) groups is 1. The smallest absolute Gasteiger partial charge is 0.263 e. The predicted molar refractivity (Wildman–Crippen MR) is 114 cm³/mol. The molecule has 0 bridgehead atoms. The van der Waals surface area contributed by atoms with Crippen LogP contribution in [0.15, 0.2) is 29.2 Å². The van der Waals surface area contributed by atoms with Crippen molar-refractivity contribution in [3.63, 3.8) is 0 Å². The first-order valence-electron chi connectivity index (χ1n) is 7.71. The van der Waals surface area contributed by atoms with Crippen molar-refractivity contribution in [1.82, 2.24) is 5.32 Å². The molecule has 3 heterocycles. The average Bonchev–Trinajstić information content (AvgIpc) is 3.13. The molecule has 0 radical (unpaired) electrons. The molecule has 0 aliphatic carbocycles. The quantitative estimate of drug-likeness (QED) is 0.529. The van der Waals surface area contributed by atoms with E-state index in [0.717, 1.165) is 16.9 Å². The lowest BCUT2D eigenvalue weighted by molar-refractivity contribution is -0.115. The first kappa shape index (κ1) is 18.8. The first-order chi connectivity index (χ1) is 12.9. The van der Waals surface area contributed by atoms with Crippen LogP contribution in [0, 0.1) is 0 Å². The molecule has 10 heteroatoms. The maximum atomic E-state index is 13.0. The minimum Gasteiger partial charge on any atom is -0.490 e. The molecule has 27 heavy (non-hydrogen) atoms. The van der Waals surface area contributed by atoms with Gasteiger partial charge in [0.25, 0.3) is 11.8 Å². The number of thiophene rings is 1. The summed E-state index contributed by atoms with van der Waals surface area (Å²) in [7, 11) is 0. The molecule has 2 aromatic rings. The van der Waals surface area contributed by atoms with Crippen molar-refractivity contribution >= 4 is 86.4 Å². The molecule has 2 aliphatic rings. The highest BCUT2D eigenvalue weighted by molar-refractivity contribution is 8.26. The second-order valence-electron chi connectivity index (χ2n) is 5.62. The molecular formula is C17H10Cl2N2O3S3. The van der Waals surface area contributed by atoms with Crippen molar-refractivity contribution in [1.29, 1.82) is 0 Å². The number of ether oxygens (including phenoxy) is 1. The van der Waals surface area contributed by atoms with Crippen LogP contribution < -0.4 is 15.0 Å². The van der Waals surface area contributed by atoms with Gasteiger partial charge in [0.2, 0.25) is 0 Å². The highest BCUT2D eigenvalue weighted by atomic mass is 35.5. The van der Waals surface area contributed by atoms with E-state index in [1.807, 2.05) is 6.07 Å². The van der Waals surface area contributed by atoms with E-state index in [2.05, 4.69) is 5.32 Å². The average molecular weight is 457 g/mol. The summed E-state index contributed by atoms with van der Waals surface area (Å²) in [6.45, 7) is 0.760. The largest absolute Gasteiger partial charge is 0.490 e. The lowest BCUT2D eigenvalue weighted by Gasteiger charge is -2.29. The molecule has 0 atom stereocenters. The minimum atomic E-state index is -0.244. The highest BCUT2D eigenvalue weighted by Crippen LogP contribution is 2.38. The fourth-order valence-corrected chi connectivity index (χ4v) is 5.23. The topological polar surface area (TPSA) is 58.6 Å². The summed E-state index contributed by atoms with van der Waals surface area (Å²) in [5.41, 5.74) is 1.73. The van der Waals surface area contributed by atoms with Gasteiger partial charge in [0.1, 0.15) is 21.0 Å². The molecule has 0 saturated carbocycles. The minimum absolute atomic E-state index is 0.230. The molecule has 1 aromatic heterocycles. The standard InChI is InChI=1S/C17H10Cl2N2O3S3/c18-13-7-9(14(19)27-13)16(23)21-3-4-24-11-2-1-8(5-10(11)21)6-12-15(22)20-17(25)26-12/h1-2,5-7H,3-4H2,(H,20,22,25)/b12-6-. The third-order valence-corrected chi connectivity index (χ3v) is 6.57. The van der Waals surface area contributed by atoms with E-state index < -0.39 is 0 Å². The van der Waals surface area contributed by atoms with E-state index in [1.54, 1.807) is 29.2 Å². The number of nitrogens with one attached hydrogen (secondary N) is 1. The van der Waals surface area contributed by atoms with Crippen LogP contribution in [0.3, 0.4) is 0 Å². The number of fused-ring (bicyclic) bond motifs is 1. The molecule has 4 rings (SSSR count). The number of nitrogens with zero attached hydrogens (tertiary/aromatic N) is 1. The summed E-state index contributed by atoms with van der Waals surface area (Å²) in [5, 5.41) is 2.58. The Hall–Kier alpha value is -1.58. The van der Waals surface area contributed by atoms with Gasteiger partial charge in [-0.1, -0.05) is 53.2 Å². The number of hydrogen-bond donors (Lipinski definition) is 1. The summed E-state index contributed by atoms with van der Waals surface area (Å²) in [5.74, 6) is 0.117. The van der Waals surface area contributed by atoms with E-state index in [1.165, 1.54) is 11.8 Å². The van der Waals surface area contributed by atoms with Gasteiger partial charge in [0.05, 0.1) is 27.0 Å². The maximum absolute atomic E-state index is 13.0. The number of benzene rings is 1. The van der Waals surface area contributed by atoms with Crippen LogP contribution in [0.25, 0.3) is 6.08 Å². The Labute approximate surface area is 178 Å². The molecule has 1 N–H and O–H groups in total. The van der Waals surface area contributed by atoms with Crippen LogP contribution in [0.5, 0.6) is 5.75 Å². The lowest BCUT2D eigenvalue weighted by atomic mass is 10.1. The van der Waals surface area contributed by atoms with Crippen molar-refractivity contribution in [2.75, 3.05) is 18.1 Å². The van der Waals surface area contributed by atoms with Crippen molar-refractivity contribution in [3.8, 4) is 5.75 Å². The Morgan fingerprint density at radius 1 is 1.33 bits per heavy atom. The van der Waals surface area contributed by atoms with E-state index in [0.29, 0.717) is 48.1 Å². The second-order valence-corrected chi connectivity index (χ2v) is 9.63. The third kappa shape index (κ3) is 3.72. The highest BCUT2D eigenvalue weighted by Gasteiger charge is 2.28. The number of anilines is 1. The van der Waals surface area contributed by atoms with Gasteiger partial charge in [-0.15, -0.1) is 11.3 Å². The maximum Gasteiger partial charge on any atom is 0.263 e. The molecular weight excluding hydrogens is 447 g/mol. The summed E-state index contributed by atoms with van der Waals surface area (Å²) in [6.07, 6.45) is 1.73. The number of carbonyl (C=O) groups excluding carboxylic acids is 2. The van der Waals surface area contributed by atoms with Crippen LogP contribution in [-0.2, 0) is 4.79 Å². The SMILES string of the molecule is O=C1NC(=S)S/C1=C\c1ccc2c(c1)N(C(=O)c1cc(Cl)sc1Cl)CCO2. The number of rotatable bonds is 2. The van der Waals surface area contributed by atoms with Crippen LogP contribution in [0.4, 0.5) is 5.69 Å². The zero-order valence-corrected chi connectivity index (χ0v) is 17.4. The number of carbonyl (C=O) groups is 2. The summed E-state index contributed by atoms with van der Waals surface area (Å²) in [6, 6.07) is 6.97. The van der Waals surface area contributed by atoms with Gasteiger partial charge in [-0.3, -0.25) is 9.59 Å². The Kier molecular flexibility index (Phi) is 5.17. The first-order valence-corrected chi connectivity index (χ1v) is 10.5. The molecule has 5 nitrogen and oxygen atoms in total. The Morgan fingerprint density at radius 2 is 2.15 bits per heavy atom. The van der Waals surface area contributed by atoms with Gasteiger partial charge in [0.15, 0.2) is 0 Å². The van der Waals surface area contributed by atoms with Crippen LogP contribution >= 0.6 is 58.5 Å². The Balaban J connectivity index is 1.70. The molecule has 2 aliphatic heterocycles. The molecule has 0 unspecified atom stereocenters. The van der Waals surface area contributed by atoms with Crippen molar-refractivity contribution in [2.45, 2.75) is 0 Å². The van der Waals surface area contributed by atoms with Crippen LogP contribution in [-0.4, -0.2) is 29.3 Å². The summed E-state index contributed by atoms with van der Waals surface area (Å²) in [4.78, 5) is 27.0. The molecule has 1 aromatic carbocycles. The molecule has 1 saturated heterocycles. The van der Waals surface area contributed by atoms with Crippen LogP contribution in [0.2, 0.25) is 8.67 Å². The van der Waals surface area contributed by atoms with Crippen molar-refractivity contribution in [2.24, 2.45) is 0 Å². The molecule has 1 fully saturated rings. The number of thiocarbonyl (C=S) groups is 1. The van der Waals surface area contributed by atoms with Gasteiger partial charge in [-0.05, 0) is 29.8 Å². The molecule has 2 amide bonds. The van der Waals surface area contributed by atoms with E-state index in [9.17, 15) is 9.59 Å². The predicted octanol–water partition coefficient (Wildman–Crippen LogP) is 4.58.